The fraction of sp³-hybridized carbons (Fsp3) is 0.176. The first-order chi connectivity index (χ1) is 14.2. The largest absolute Gasteiger partial charge is 0.324 e. The molecule has 156 valence electrons. The van der Waals surface area contributed by atoms with Gasteiger partial charge in [0.05, 0.1) is 9.82 Å². The first-order valence-electron chi connectivity index (χ1n) is 8.58. The Morgan fingerprint density at radius 1 is 1.20 bits per heavy atom. The Kier molecular flexibility index (Phi) is 5.73. The molecule has 1 atom stereocenters. The number of aromatic nitrogens is 4. The minimum absolute atomic E-state index is 0.0423. The van der Waals surface area contributed by atoms with Crippen LogP contribution in [0.2, 0.25) is 0 Å². The predicted octanol–water partition coefficient (Wildman–Crippen LogP) is 1.89. The quantitative estimate of drug-likeness (QED) is 0.423. The van der Waals surface area contributed by atoms with E-state index in [4.69, 9.17) is 0 Å². The van der Waals surface area contributed by atoms with Gasteiger partial charge in [0, 0.05) is 18.1 Å². The van der Waals surface area contributed by atoms with E-state index in [1.807, 2.05) is 0 Å². The number of aryl methyl sites for hydroxylation is 1. The Hall–Kier alpha value is -3.87. The Bertz CT molecular complexity index is 1180. The zero-order valence-corrected chi connectivity index (χ0v) is 16.7. The zero-order chi connectivity index (χ0) is 21.9. The third-order valence-electron chi connectivity index (χ3n) is 4.09. The number of hydrogen-bond acceptors (Lipinski definition) is 8. The number of carbonyl (C=O) groups excluding carboxylic acids is 1. The Morgan fingerprint density at radius 2 is 1.83 bits per heavy atom. The van der Waals surface area contributed by atoms with Crippen LogP contribution in [0, 0.1) is 17.0 Å². The second-order valence-electron chi connectivity index (χ2n) is 6.20. The molecular weight excluding hydrogens is 414 g/mol. The van der Waals surface area contributed by atoms with Crippen molar-refractivity contribution in [1.82, 2.24) is 19.7 Å². The molecule has 0 bridgehead atoms. The molecule has 0 spiro atoms. The van der Waals surface area contributed by atoms with Crippen molar-refractivity contribution in [2.45, 2.75) is 24.8 Å². The van der Waals surface area contributed by atoms with Crippen molar-refractivity contribution in [3.63, 3.8) is 0 Å². The summed E-state index contributed by atoms with van der Waals surface area (Å²) in [6.45, 7) is 3.01. The lowest BCUT2D eigenvalue weighted by molar-refractivity contribution is -0.385. The van der Waals surface area contributed by atoms with E-state index in [1.165, 1.54) is 61.4 Å². The molecule has 1 aromatic carbocycles. The number of amides is 1. The smallest absolute Gasteiger partial charge is 0.309 e. The van der Waals surface area contributed by atoms with E-state index in [-0.39, 0.29) is 22.2 Å². The molecule has 30 heavy (non-hydrogen) atoms. The molecule has 2 N–H and O–H groups in total. The van der Waals surface area contributed by atoms with Crippen molar-refractivity contribution in [1.29, 1.82) is 0 Å². The summed E-state index contributed by atoms with van der Waals surface area (Å²) in [5.41, 5.74) is 0.364. The topological polar surface area (TPSA) is 162 Å². The van der Waals surface area contributed by atoms with Crippen LogP contribution in [0.15, 0.2) is 53.8 Å². The number of nitrogens with one attached hydrogen (secondary N) is 2. The minimum Gasteiger partial charge on any atom is -0.324 e. The highest BCUT2D eigenvalue weighted by Crippen LogP contribution is 2.20. The van der Waals surface area contributed by atoms with Crippen LogP contribution in [0.25, 0.3) is 0 Å². The summed E-state index contributed by atoms with van der Waals surface area (Å²) >= 11 is 0. The molecule has 2 heterocycles. The monoisotopic (exact) mass is 431 g/mol. The lowest BCUT2D eigenvalue weighted by Crippen LogP contribution is -2.24. The van der Waals surface area contributed by atoms with Crippen molar-refractivity contribution in [3.8, 4) is 0 Å². The number of anilines is 2. The van der Waals surface area contributed by atoms with Crippen LogP contribution >= 0.6 is 0 Å². The van der Waals surface area contributed by atoms with E-state index < -0.39 is 26.9 Å². The first kappa shape index (κ1) is 20.9. The lowest BCUT2D eigenvalue weighted by Gasteiger charge is -2.13. The van der Waals surface area contributed by atoms with Gasteiger partial charge >= 0.3 is 5.69 Å². The molecule has 0 aliphatic rings. The van der Waals surface area contributed by atoms with E-state index in [9.17, 15) is 23.3 Å². The van der Waals surface area contributed by atoms with E-state index in [0.29, 0.717) is 5.69 Å². The molecule has 0 aliphatic carbocycles. The highest BCUT2D eigenvalue weighted by Gasteiger charge is 2.22. The van der Waals surface area contributed by atoms with Gasteiger partial charge in [-0.3, -0.25) is 19.6 Å². The maximum Gasteiger partial charge on any atom is 0.309 e. The number of hydrogen-bond donors (Lipinski definition) is 2. The summed E-state index contributed by atoms with van der Waals surface area (Å²) in [7, 11) is -3.89. The van der Waals surface area contributed by atoms with E-state index in [0.717, 1.165) is 0 Å². The zero-order valence-electron chi connectivity index (χ0n) is 15.9. The van der Waals surface area contributed by atoms with Crippen LogP contribution in [-0.4, -0.2) is 39.0 Å². The third-order valence-corrected chi connectivity index (χ3v) is 5.43. The maximum atomic E-state index is 12.4. The molecule has 0 aliphatic heterocycles. The fourth-order valence-electron chi connectivity index (χ4n) is 2.46. The normalized spacial score (nSPS) is 12.2. The van der Waals surface area contributed by atoms with Crippen LogP contribution in [0.4, 0.5) is 17.3 Å². The van der Waals surface area contributed by atoms with E-state index in [1.54, 1.807) is 6.07 Å². The van der Waals surface area contributed by atoms with Crippen LogP contribution in [0.1, 0.15) is 18.7 Å². The summed E-state index contributed by atoms with van der Waals surface area (Å²) in [4.78, 5) is 30.4. The lowest BCUT2D eigenvalue weighted by atomic mass is 10.2. The van der Waals surface area contributed by atoms with Crippen LogP contribution in [-0.2, 0) is 14.8 Å². The Labute approximate surface area is 171 Å². The molecule has 0 radical (unpaired) electrons. The van der Waals surface area contributed by atoms with Crippen LogP contribution in [0.3, 0.4) is 0 Å². The average molecular weight is 431 g/mol. The second-order valence-corrected chi connectivity index (χ2v) is 7.89. The van der Waals surface area contributed by atoms with Gasteiger partial charge in [0.15, 0.2) is 0 Å². The highest BCUT2D eigenvalue weighted by atomic mass is 32.2. The molecule has 13 heteroatoms. The summed E-state index contributed by atoms with van der Waals surface area (Å²) in [5, 5.41) is 17.5. The van der Waals surface area contributed by atoms with Gasteiger partial charge in [0.1, 0.15) is 17.9 Å². The van der Waals surface area contributed by atoms with E-state index >= 15 is 0 Å². The van der Waals surface area contributed by atoms with Crippen LogP contribution < -0.4 is 10.0 Å². The number of nitrogens with zero attached hydrogens (tertiary/aromatic N) is 5. The number of nitro groups is 1. The molecule has 1 unspecified atom stereocenters. The van der Waals surface area contributed by atoms with Gasteiger partial charge < -0.3 is 5.32 Å². The Morgan fingerprint density at radius 3 is 2.40 bits per heavy atom. The predicted molar refractivity (Wildman–Crippen MR) is 106 cm³/mol. The van der Waals surface area contributed by atoms with Crippen molar-refractivity contribution < 1.29 is 18.1 Å². The van der Waals surface area contributed by atoms with Gasteiger partial charge in [-0.15, -0.1) is 0 Å². The second kappa shape index (κ2) is 8.24. The molecule has 0 fully saturated rings. The van der Waals surface area contributed by atoms with E-state index in [2.05, 4.69) is 25.1 Å². The first-order valence-corrected chi connectivity index (χ1v) is 10.1. The number of benzene rings is 1. The van der Waals surface area contributed by atoms with Crippen LogP contribution in [0.5, 0.6) is 0 Å². The molecule has 2 aromatic heterocycles. The SMILES string of the molecule is Cc1nn(C(C)C(=O)Nc2ccc(S(=O)(=O)Nc3ncccn3)cc2)cc1[N+](=O)[O-]. The molecule has 3 aromatic rings. The summed E-state index contributed by atoms with van der Waals surface area (Å²) in [6, 6.07) is 6.20. The number of carbonyl (C=O) groups is 1. The third kappa shape index (κ3) is 4.57. The molecule has 0 saturated heterocycles. The van der Waals surface area contributed by atoms with Gasteiger partial charge in [-0.1, -0.05) is 0 Å². The van der Waals surface area contributed by atoms with Crippen molar-refractivity contribution in [2.24, 2.45) is 0 Å². The van der Waals surface area contributed by atoms with Crippen molar-refractivity contribution >= 4 is 33.3 Å². The molecule has 0 saturated carbocycles. The standard InChI is InChI=1S/C17H17N7O5S/c1-11-15(24(26)27)10-23(21-11)12(2)16(25)20-13-4-6-14(7-5-13)30(28,29)22-17-18-8-3-9-19-17/h3-10,12H,1-2H3,(H,20,25)(H,18,19,22). The minimum atomic E-state index is -3.89. The molecule has 1 amide bonds. The van der Waals surface area contributed by atoms with Gasteiger partial charge in [-0.05, 0) is 44.2 Å². The van der Waals surface area contributed by atoms with Gasteiger partial charge in [0.25, 0.3) is 10.0 Å². The summed E-state index contributed by atoms with van der Waals surface area (Å²) < 4.78 is 28.2. The fourth-order valence-corrected chi connectivity index (χ4v) is 3.42. The number of sulfonamides is 1. The average Bonchev–Trinajstić information content (AvgIpc) is 3.10. The van der Waals surface area contributed by atoms with Gasteiger partial charge in [-0.2, -0.15) is 5.10 Å². The molecule has 3 rings (SSSR count). The number of rotatable bonds is 7. The highest BCUT2D eigenvalue weighted by molar-refractivity contribution is 7.92. The maximum absolute atomic E-state index is 12.4. The molecular formula is C17H17N7O5S. The summed E-state index contributed by atoms with van der Waals surface area (Å²) in [6.07, 6.45) is 3.99. The Balaban J connectivity index is 1.70. The van der Waals surface area contributed by atoms with Crippen molar-refractivity contribution in [2.75, 3.05) is 10.0 Å². The van der Waals surface area contributed by atoms with Gasteiger partial charge in [-0.25, -0.2) is 23.1 Å². The summed E-state index contributed by atoms with van der Waals surface area (Å²) in [5.74, 6) is -0.536. The van der Waals surface area contributed by atoms with Crippen molar-refractivity contribution in [3.05, 3.63) is 64.7 Å². The molecule has 12 nitrogen and oxygen atoms in total. The van der Waals surface area contributed by atoms with Gasteiger partial charge in [0.2, 0.25) is 11.9 Å².